The maximum absolute atomic E-state index is 12.4. The Balaban J connectivity index is 2.05. The van der Waals surface area contributed by atoms with Crippen molar-refractivity contribution in [1.29, 1.82) is 0 Å². The standard InChI is InChI=1S/C16H21Cl2NO/c17-14-5-4-6-15(18)13(14)9-12(20)10-16(11-19)7-2-1-3-8-16/h4-6H,1-3,7-11,19H2. The van der Waals surface area contributed by atoms with Gasteiger partial charge in [0.05, 0.1) is 0 Å². The summed E-state index contributed by atoms with van der Waals surface area (Å²) in [6.07, 6.45) is 6.59. The quantitative estimate of drug-likeness (QED) is 0.875. The van der Waals surface area contributed by atoms with Gasteiger partial charge in [-0.3, -0.25) is 4.79 Å². The second-order valence-electron chi connectivity index (χ2n) is 5.86. The van der Waals surface area contributed by atoms with Gasteiger partial charge in [-0.2, -0.15) is 0 Å². The molecule has 0 heterocycles. The molecule has 0 saturated heterocycles. The van der Waals surface area contributed by atoms with E-state index < -0.39 is 0 Å². The first kappa shape index (κ1) is 15.8. The molecular weight excluding hydrogens is 293 g/mol. The Morgan fingerprint density at radius 2 is 1.75 bits per heavy atom. The van der Waals surface area contributed by atoms with Crippen molar-refractivity contribution in [3.63, 3.8) is 0 Å². The van der Waals surface area contributed by atoms with Crippen LogP contribution in [0.3, 0.4) is 0 Å². The van der Waals surface area contributed by atoms with E-state index in [0.717, 1.165) is 18.4 Å². The molecule has 110 valence electrons. The number of carbonyl (C=O) groups excluding carboxylic acids is 1. The summed E-state index contributed by atoms with van der Waals surface area (Å²) in [5, 5.41) is 1.13. The van der Waals surface area contributed by atoms with E-state index in [0.29, 0.717) is 29.4 Å². The highest BCUT2D eigenvalue weighted by Crippen LogP contribution is 2.39. The normalized spacial score (nSPS) is 17.9. The van der Waals surface area contributed by atoms with Crippen LogP contribution in [0.25, 0.3) is 0 Å². The van der Waals surface area contributed by atoms with Crippen LogP contribution in [-0.4, -0.2) is 12.3 Å². The average Bonchev–Trinajstić information content (AvgIpc) is 2.44. The van der Waals surface area contributed by atoms with Gasteiger partial charge in [-0.1, -0.05) is 48.5 Å². The van der Waals surface area contributed by atoms with Crippen molar-refractivity contribution in [2.24, 2.45) is 11.1 Å². The molecule has 0 bridgehead atoms. The molecule has 0 spiro atoms. The molecule has 0 amide bonds. The number of rotatable bonds is 5. The van der Waals surface area contributed by atoms with E-state index in [1.54, 1.807) is 18.2 Å². The number of hydrogen-bond donors (Lipinski definition) is 1. The Kier molecular flexibility index (Phi) is 5.48. The molecule has 1 aromatic carbocycles. The second kappa shape index (κ2) is 6.93. The zero-order chi connectivity index (χ0) is 14.6. The molecule has 1 saturated carbocycles. The molecule has 2 nitrogen and oxygen atoms in total. The lowest BCUT2D eigenvalue weighted by Gasteiger charge is -2.35. The number of carbonyl (C=O) groups is 1. The van der Waals surface area contributed by atoms with Crippen LogP contribution in [0.5, 0.6) is 0 Å². The molecule has 1 aromatic rings. The first-order valence-electron chi connectivity index (χ1n) is 7.21. The van der Waals surface area contributed by atoms with Crippen LogP contribution in [0, 0.1) is 5.41 Å². The molecule has 0 atom stereocenters. The molecule has 1 fully saturated rings. The number of ketones is 1. The second-order valence-corrected chi connectivity index (χ2v) is 6.67. The van der Waals surface area contributed by atoms with Crippen LogP contribution in [0.4, 0.5) is 0 Å². The Labute approximate surface area is 130 Å². The van der Waals surface area contributed by atoms with Gasteiger partial charge in [0.1, 0.15) is 5.78 Å². The molecule has 0 aliphatic heterocycles. The summed E-state index contributed by atoms with van der Waals surface area (Å²) in [6, 6.07) is 5.34. The van der Waals surface area contributed by atoms with E-state index in [4.69, 9.17) is 28.9 Å². The Hall–Kier alpha value is -0.570. The minimum atomic E-state index is 0.00304. The third-order valence-electron chi connectivity index (χ3n) is 4.36. The fraction of sp³-hybridized carbons (Fsp3) is 0.562. The summed E-state index contributed by atoms with van der Waals surface area (Å²) < 4.78 is 0. The van der Waals surface area contributed by atoms with Crippen LogP contribution >= 0.6 is 23.2 Å². The SMILES string of the molecule is NCC1(CC(=O)Cc2c(Cl)cccc2Cl)CCCCC1. The molecule has 1 aliphatic carbocycles. The lowest BCUT2D eigenvalue weighted by molar-refractivity contribution is -0.121. The van der Waals surface area contributed by atoms with Gasteiger partial charge in [0.2, 0.25) is 0 Å². The monoisotopic (exact) mass is 313 g/mol. The van der Waals surface area contributed by atoms with Crippen molar-refractivity contribution in [3.8, 4) is 0 Å². The molecule has 0 radical (unpaired) electrons. The summed E-state index contributed by atoms with van der Waals surface area (Å²) in [5.74, 6) is 0.187. The smallest absolute Gasteiger partial charge is 0.137 e. The van der Waals surface area contributed by atoms with Gasteiger partial charge in [-0.15, -0.1) is 0 Å². The predicted molar refractivity (Wildman–Crippen MR) is 84.4 cm³/mol. The fourth-order valence-electron chi connectivity index (χ4n) is 3.13. The molecule has 0 unspecified atom stereocenters. The van der Waals surface area contributed by atoms with Gasteiger partial charge in [0.15, 0.2) is 0 Å². The van der Waals surface area contributed by atoms with Crippen molar-refractivity contribution in [2.75, 3.05) is 6.54 Å². The molecule has 20 heavy (non-hydrogen) atoms. The largest absolute Gasteiger partial charge is 0.330 e. The third kappa shape index (κ3) is 3.75. The van der Waals surface area contributed by atoms with Crippen molar-refractivity contribution in [3.05, 3.63) is 33.8 Å². The van der Waals surface area contributed by atoms with Crippen molar-refractivity contribution >= 4 is 29.0 Å². The van der Waals surface area contributed by atoms with Crippen LogP contribution < -0.4 is 5.73 Å². The van der Waals surface area contributed by atoms with Crippen LogP contribution in [0.1, 0.15) is 44.1 Å². The summed E-state index contributed by atoms with van der Waals surface area (Å²) in [7, 11) is 0. The van der Waals surface area contributed by atoms with Crippen molar-refractivity contribution in [1.82, 2.24) is 0 Å². The Bertz CT molecular complexity index is 461. The summed E-state index contributed by atoms with van der Waals surface area (Å²) >= 11 is 12.2. The zero-order valence-corrected chi connectivity index (χ0v) is 13.1. The van der Waals surface area contributed by atoms with Crippen molar-refractivity contribution < 1.29 is 4.79 Å². The highest BCUT2D eigenvalue weighted by molar-refractivity contribution is 6.36. The number of Topliss-reactive ketones (excluding diaryl/α,β-unsaturated/α-hetero) is 1. The highest BCUT2D eigenvalue weighted by Gasteiger charge is 2.33. The molecule has 2 N–H and O–H groups in total. The topological polar surface area (TPSA) is 43.1 Å². The minimum Gasteiger partial charge on any atom is -0.330 e. The first-order chi connectivity index (χ1) is 9.56. The van der Waals surface area contributed by atoms with E-state index in [-0.39, 0.29) is 11.2 Å². The Morgan fingerprint density at radius 3 is 2.30 bits per heavy atom. The number of hydrogen-bond acceptors (Lipinski definition) is 2. The zero-order valence-electron chi connectivity index (χ0n) is 11.6. The fourth-order valence-corrected chi connectivity index (χ4v) is 3.67. The van der Waals surface area contributed by atoms with E-state index in [2.05, 4.69) is 0 Å². The molecule has 4 heteroatoms. The number of benzene rings is 1. The van der Waals surface area contributed by atoms with Gasteiger partial charge >= 0.3 is 0 Å². The lowest BCUT2D eigenvalue weighted by Crippen LogP contribution is -2.35. The van der Waals surface area contributed by atoms with E-state index in [1.165, 1.54) is 19.3 Å². The maximum atomic E-state index is 12.4. The first-order valence-corrected chi connectivity index (χ1v) is 7.97. The van der Waals surface area contributed by atoms with E-state index >= 15 is 0 Å². The summed E-state index contributed by atoms with van der Waals surface area (Å²) in [5.41, 5.74) is 6.68. The summed E-state index contributed by atoms with van der Waals surface area (Å²) in [4.78, 5) is 12.4. The van der Waals surface area contributed by atoms with Crippen LogP contribution in [0.15, 0.2) is 18.2 Å². The number of halogens is 2. The maximum Gasteiger partial charge on any atom is 0.137 e. The summed E-state index contributed by atoms with van der Waals surface area (Å²) in [6.45, 7) is 0.592. The number of nitrogens with two attached hydrogens (primary N) is 1. The van der Waals surface area contributed by atoms with Gasteiger partial charge in [-0.25, -0.2) is 0 Å². The van der Waals surface area contributed by atoms with E-state index in [9.17, 15) is 4.79 Å². The highest BCUT2D eigenvalue weighted by atomic mass is 35.5. The van der Waals surface area contributed by atoms with Crippen LogP contribution in [-0.2, 0) is 11.2 Å². The predicted octanol–water partition coefficient (Wildman–Crippen LogP) is 4.40. The van der Waals surface area contributed by atoms with Crippen molar-refractivity contribution in [2.45, 2.75) is 44.9 Å². The van der Waals surface area contributed by atoms with Gasteiger partial charge in [0.25, 0.3) is 0 Å². The molecular formula is C16H21Cl2NO. The van der Waals surface area contributed by atoms with Gasteiger partial charge in [-0.05, 0) is 42.5 Å². The molecule has 2 rings (SSSR count). The Morgan fingerprint density at radius 1 is 1.15 bits per heavy atom. The lowest BCUT2D eigenvalue weighted by atomic mass is 9.70. The van der Waals surface area contributed by atoms with E-state index in [1.807, 2.05) is 0 Å². The van der Waals surface area contributed by atoms with Gasteiger partial charge in [0, 0.05) is 22.9 Å². The third-order valence-corrected chi connectivity index (χ3v) is 5.06. The molecule has 0 aromatic heterocycles. The van der Waals surface area contributed by atoms with Crippen LogP contribution in [0.2, 0.25) is 10.0 Å². The minimum absolute atomic E-state index is 0.00304. The average molecular weight is 314 g/mol. The van der Waals surface area contributed by atoms with Gasteiger partial charge < -0.3 is 5.73 Å². The molecule has 1 aliphatic rings.